The van der Waals surface area contributed by atoms with E-state index in [2.05, 4.69) is 15.3 Å². The first-order valence-electron chi connectivity index (χ1n) is 4.91. The summed E-state index contributed by atoms with van der Waals surface area (Å²) in [6, 6.07) is 4.71. The van der Waals surface area contributed by atoms with Gasteiger partial charge in [-0.25, -0.2) is 9.97 Å². The van der Waals surface area contributed by atoms with Crippen molar-refractivity contribution in [3.8, 4) is 0 Å². The minimum Gasteiger partial charge on any atom is -0.397 e. The van der Waals surface area contributed by atoms with Crippen LogP contribution in [0.25, 0.3) is 0 Å². The number of nitrogens with two attached hydrogens (primary N) is 1. The number of hydrogen-bond acceptors (Lipinski definition) is 4. The van der Waals surface area contributed by atoms with Gasteiger partial charge in [0.2, 0.25) is 0 Å². The first-order chi connectivity index (χ1) is 8.58. The molecule has 2 rings (SSSR count). The molecular formula is C11H8Cl2N4O. The van der Waals surface area contributed by atoms with Crippen molar-refractivity contribution < 1.29 is 4.79 Å². The van der Waals surface area contributed by atoms with Gasteiger partial charge < -0.3 is 11.1 Å². The molecule has 7 heteroatoms. The topological polar surface area (TPSA) is 80.9 Å². The van der Waals surface area contributed by atoms with Crippen molar-refractivity contribution in [1.82, 2.24) is 9.97 Å². The molecule has 5 nitrogen and oxygen atoms in total. The van der Waals surface area contributed by atoms with Gasteiger partial charge in [0.25, 0.3) is 5.91 Å². The van der Waals surface area contributed by atoms with Crippen LogP contribution in [0.4, 0.5) is 11.5 Å². The molecule has 3 N–H and O–H groups in total. The number of amides is 1. The predicted molar refractivity (Wildman–Crippen MR) is 70.9 cm³/mol. The van der Waals surface area contributed by atoms with Gasteiger partial charge in [-0.3, -0.25) is 4.79 Å². The largest absolute Gasteiger partial charge is 0.397 e. The normalized spacial score (nSPS) is 10.1. The van der Waals surface area contributed by atoms with Crippen molar-refractivity contribution in [2.24, 2.45) is 0 Å². The number of halogens is 2. The van der Waals surface area contributed by atoms with Gasteiger partial charge in [-0.2, -0.15) is 0 Å². The minimum atomic E-state index is -0.472. The van der Waals surface area contributed by atoms with Crippen LogP contribution in [-0.4, -0.2) is 15.9 Å². The zero-order valence-corrected chi connectivity index (χ0v) is 10.5. The van der Waals surface area contributed by atoms with Gasteiger partial charge in [0, 0.05) is 6.20 Å². The maximum atomic E-state index is 11.9. The molecule has 0 aliphatic carbocycles. The fraction of sp³-hybridized carbons (Fsp3) is 0. The second kappa shape index (κ2) is 5.20. The van der Waals surface area contributed by atoms with Crippen molar-refractivity contribution >= 4 is 40.6 Å². The number of carbonyl (C=O) groups excluding carboxylic acids is 1. The third kappa shape index (κ3) is 2.69. The van der Waals surface area contributed by atoms with Crippen molar-refractivity contribution in [2.75, 3.05) is 11.1 Å². The quantitative estimate of drug-likeness (QED) is 0.830. The van der Waals surface area contributed by atoms with Crippen molar-refractivity contribution in [3.05, 3.63) is 46.3 Å². The van der Waals surface area contributed by atoms with Gasteiger partial charge >= 0.3 is 0 Å². The van der Waals surface area contributed by atoms with E-state index < -0.39 is 5.91 Å². The summed E-state index contributed by atoms with van der Waals surface area (Å²) >= 11 is 11.7. The predicted octanol–water partition coefficient (Wildman–Crippen LogP) is 2.62. The summed E-state index contributed by atoms with van der Waals surface area (Å²) in [5, 5.41) is 2.93. The molecule has 0 fully saturated rings. The number of pyridine rings is 2. The van der Waals surface area contributed by atoms with Crippen LogP contribution >= 0.6 is 23.2 Å². The van der Waals surface area contributed by atoms with Crippen molar-refractivity contribution in [3.63, 3.8) is 0 Å². The zero-order valence-electron chi connectivity index (χ0n) is 9.02. The SMILES string of the molecule is Nc1cnc(Cl)c(C(=O)Nc2ncccc2Cl)c1. The highest BCUT2D eigenvalue weighted by Gasteiger charge is 2.14. The first-order valence-corrected chi connectivity index (χ1v) is 5.66. The molecule has 0 spiro atoms. The van der Waals surface area contributed by atoms with Crippen LogP contribution in [0, 0.1) is 0 Å². The Morgan fingerprint density at radius 2 is 2.11 bits per heavy atom. The van der Waals surface area contributed by atoms with Gasteiger partial charge in [0.15, 0.2) is 5.82 Å². The Kier molecular flexibility index (Phi) is 3.64. The van der Waals surface area contributed by atoms with Crippen LogP contribution in [0.5, 0.6) is 0 Å². The van der Waals surface area contributed by atoms with E-state index in [1.54, 1.807) is 12.1 Å². The monoisotopic (exact) mass is 282 g/mol. The Hall–Kier alpha value is -1.85. The fourth-order valence-corrected chi connectivity index (χ4v) is 1.63. The number of nitrogens with zero attached hydrogens (tertiary/aromatic N) is 2. The van der Waals surface area contributed by atoms with E-state index in [9.17, 15) is 4.79 Å². The lowest BCUT2D eigenvalue weighted by atomic mass is 10.2. The molecule has 92 valence electrons. The summed E-state index contributed by atoms with van der Waals surface area (Å²) in [5.74, 6) is -0.219. The molecule has 0 saturated carbocycles. The molecule has 0 saturated heterocycles. The molecule has 0 aliphatic heterocycles. The summed E-state index contributed by atoms with van der Waals surface area (Å²) in [4.78, 5) is 19.7. The van der Waals surface area contributed by atoms with Crippen LogP contribution in [0.1, 0.15) is 10.4 Å². The van der Waals surface area contributed by atoms with Gasteiger partial charge in [0.05, 0.1) is 22.5 Å². The maximum Gasteiger partial charge on any atom is 0.260 e. The van der Waals surface area contributed by atoms with E-state index in [0.717, 1.165) is 0 Å². The Morgan fingerprint density at radius 1 is 1.33 bits per heavy atom. The molecular weight excluding hydrogens is 275 g/mol. The van der Waals surface area contributed by atoms with E-state index in [4.69, 9.17) is 28.9 Å². The number of anilines is 2. The van der Waals surface area contributed by atoms with Crippen LogP contribution < -0.4 is 11.1 Å². The molecule has 1 amide bonds. The molecule has 2 aromatic heterocycles. The lowest BCUT2D eigenvalue weighted by Gasteiger charge is -2.07. The van der Waals surface area contributed by atoms with Gasteiger partial charge in [-0.15, -0.1) is 0 Å². The smallest absolute Gasteiger partial charge is 0.260 e. The standard InChI is InChI=1S/C11H8Cl2N4O/c12-8-2-1-3-15-10(8)17-11(18)7-4-6(14)5-16-9(7)13/h1-5H,14H2,(H,15,17,18). The first kappa shape index (κ1) is 12.6. The molecule has 0 radical (unpaired) electrons. The van der Waals surface area contributed by atoms with Crippen molar-refractivity contribution in [1.29, 1.82) is 0 Å². The second-order valence-corrected chi connectivity index (χ2v) is 4.16. The number of rotatable bonds is 2. The zero-order chi connectivity index (χ0) is 13.1. The molecule has 18 heavy (non-hydrogen) atoms. The maximum absolute atomic E-state index is 11.9. The molecule has 0 unspecified atom stereocenters. The lowest BCUT2D eigenvalue weighted by molar-refractivity contribution is 0.102. The van der Waals surface area contributed by atoms with Crippen LogP contribution in [-0.2, 0) is 0 Å². The second-order valence-electron chi connectivity index (χ2n) is 3.39. The molecule has 2 aromatic rings. The fourth-order valence-electron chi connectivity index (χ4n) is 1.28. The van der Waals surface area contributed by atoms with E-state index in [-0.39, 0.29) is 16.5 Å². The van der Waals surface area contributed by atoms with Crippen LogP contribution in [0.2, 0.25) is 10.2 Å². The Bertz CT molecular complexity index is 603. The summed E-state index contributed by atoms with van der Waals surface area (Å²) in [5.41, 5.74) is 6.06. The highest BCUT2D eigenvalue weighted by molar-refractivity contribution is 6.35. The average molecular weight is 283 g/mol. The highest BCUT2D eigenvalue weighted by Crippen LogP contribution is 2.21. The van der Waals surface area contributed by atoms with Crippen LogP contribution in [0.15, 0.2) is 30.6 Å². The highest BCUT2D eigenvalue weighted by atomic mass is 35.5. The summed E-state index contributed by atoms with van der Waals surface area (Å²) in [7, 11) is 0. The summed E-state index contributed by atoms with van der Waals surface area (Å²) in [6.45, 7) is 0. The Labute approximate surface area is 113 Å². The average Bonchev–Trinajstić information content (AvgIpc) is 2.35. The number of hydrogen-bond donors (Lipinski definition) is 2. The van der Waals surface area contributed by atoms with Gasteiger partial charge in [-0.05, 0) is 18.2 Å². The Morgan fingerprint density at radius 3 is 2.83 bits per heavy atom. The molecule has 0 bridgehead atoms. The summed E-state index contributed by atoms with van der Waals surface area (Å²) < 4.78 is 0. The van der Waals surface area contributed by atoms with E-state index in [1.807, 2.05) is 0 Å². The van der Waals surface area contributed by atoms with Crippen LogP contribution in [0.3, 0.4) is 0 Å². The number of nitrogens with one attached hydrogen (secondary N) is 1. The van der Waals surface area contributed by atoms with E-state index in [0.29, 0.717) is 10.7 Å². The third-order valence-corrected chi connectivity index (χ3v) is 2.70. The number of nitrogen functional groups attached to an aromatic ring is 1. The Balaban J connectivity index is 2.28. The number of aromatic nitrogens is 2. The minimum absolute atomic E-state index is 0.0637. The molecule has 0 atom stereocenters. The number of carbonyl (C=O) groups is 1. The van der Waals surface area contributed by atoms with Crippen molar-refractivity contribution in [2.45, 2.75) is 0 Å². The van der Waals surface area contributed by atoms with E-state index in [1.165, 1.54) is 18.5 Å². The summed E-state index contributed by atoms with van der Waals surface area (Å²) in [6.07, 6.45) is 2.88. The molecule has 2 heterocycles. The molecule has 0 aromatic carbocycles. The lowest BCUT2D eigenvalue weighted by Crippen LogP contribution is -2.14. The van der Waals surface area contributed by atoms with Gasteiger partial charge in [0.1, 0.15) is 5.15 Å². The third-order valence-electron chi connectivity index (χ3n) is 2.10. The van der Waals surface area contributed by atoms with Gasteiger partial charge in [-0.1, -0.05) is 23.2 Å². The van der Waals surface area contributed by atoms with E-state index >= 15 is 0 Å². The molecule has 0 aliphatic rings.